The highest BCUT2D eigenvalue weighted by Crippen LogP contribution is 2.31. The standard InChI is InChI=1S/C16H34N2/c1-6-9-13-10-11-15(17-4)16(12-13)18(5)14(7-2)8-3/h13-17H,6-12H2,1-5H3. The van der Waals surface area contributed by atoms with E-state index in [0.29, 0.717) is 6.04 Å². The van der Waals surface area contributed by atoms with Crippen molar-refractivity contribution in [1.29, 1.82) is 0 Å². The van der Waals surface area contributed by atoms with Crippen LogP contribution in [0.3, 0.4) is 0 Å². The average molecular weight is 254 g/mol. The third-order valence-corrected chi connectivity index (χ3v) is 5.03. The fraction of sp³-hybridized carbons (Fsp3) is 1.00. The van der Waals surface area contributed by atoms with Crippen molar-refractivity contribution in [3.63, 3.8) is 0 Å². The van der Waals surface area contributed by atoms with Crippen molar-refractivity contribution in [2.45, 2.75) is 83.8 Å². The van der Waals surface area contributed by atoms with Gasteiger partial charge in [-0.3, -0.25) is 4.90 Å². The third-order valence-electron chi connectivity index (χ3n) is 5.03. The van der Waals surface area contributed by atoms with Crippen LogP contribution in [-0.4, -0.2) is 37.1 Å². The highest BCUT2D eigenvalue weighted by Gasteiger charge is 2.33. The molecule has 2 nitrogen and oxygen atoms in total. The van der Waals surface area contributed by atoms with E-state index in [0.717, 1.165) is 18.0 Å². The van der Waals surface area contributed by atoms with Crippen molar-refractivity contribution >= 4 is 0 Å². The van der Waals surface area contributed by atoms with Gasteiger partial charge in [0.15, 0.2) is 0 Å². The molecule has 0 heterocycles. The summed E-state index contributed by atoms with van der Waals surface area (Å²) < 4.78 is 0. The van der Waals surface area contributed by atoms with Gasteiger partial charge in [0.05, 0.1) is 0 Å². The molecule has 0 aromatic rings. The molecule has 1 saturated carbocycles. The average Bonchev–Trinajstić information content (AvgIpc) is 2.40. The first-order valence-electron chi connectivity index (χ1n) is 8.06. The predicted octanol–water partition coefficient (Wildman–Crippen LogP) is 3.66. The largest absolute Gasteiger partial charge is 0.315 e. The maximum Gasteiger partial charge on any atom is 0.0251 e. The van der Waals surface area contributed by atoms with Crippen molar-refractivity contribution in [3.05, 3.63) is 0 Å². The van der Waals surface area contributed by atoms with Crippen molar-refractivity contribution in [2.24, 2.45) is 5.92 Å². The zero-order chi connectivity index (χ0) is 13.5. The zero-order valence-corrected chi connectivity index (χ0v) is 13.2. The van der Waals surface area contributed by atoms with E-state index in [1.807, 2.05) is 0 Å². The van der Waals surface area contributed by atoms with Crippen LogP contribution in [-0.2, 0) is 0 Å². The van der Waals surface area contributed by atoms with E-state index >= 15 is 0 Å². The normalized spacial score (nSPS) is 29.2. The van der Waals surface area contributed by atoms with Crippen LogP contribution in [0.15, 0.2) is 0 Å². The molecule has 3 atom stereocenters. The molecule has 2 heteroatoms. The molecule has 1 rings (SSSR count). The minimum absolute atomic E-state index is 0.698. The van der Waals surface area contributed by atoms with E-state index in [1.165, 1.54) is 44.9 Å². The molecule has 0 saturated heterocycles. The summed E-state index contributed by atoms with van der Waals surface area (Å²) in [6.45, 7) is 6.97. The first kappa shape index (κ1) is 16.0. The van der Waals surface area contributed by atoms with Gasteiger partial charge < -0.3 is 5.32 Å². The molecule has 0 amide bonds. The maximum absolute atomic E-state index is 3.56. The molecule has 0 radical (unpaired) electrons. The van der Waals surface area contributed by atoms with Gasteiger partial charge in [0, 0.05) is 18.1 Å². The van der Waals surface area contributed by atoms with Gasteiger partial charge in [-0.05, 0) is 52.1 Å². The van der Waals surface area contributed by atoms with Gasteiger partial charge in [0.2, 0.25) is 0 Å². The molecule has 1 aliphatic carbocycles. The third kappa shape index (κ3) is 3.96. The van der Waals surface area contributed by atoms with E-state index in [9.17, 15) is 0 Å². The molecule has 0 aromatic carbocycles. The zero-order valence-electron chi connectivity index (χ0n) is 13.2. The van der Waals surface area contributed by atoms with Crippen molar-refractivity contribution in [2.75, 3.05) is 14.1 Å². The Hall–Kier alpha value is -0.0800. The molecule has 18 heavy (non-hydrogen) atoms. The van der Waals surface area contributed by atoms with E-state index in [2.05, 4.69) is 45.1 Å². The van der Waals surface area contributed by atoms with Gasteiger partial charge in [0.1, 0.15) is 0 Å². The van der Waals surface area contributed by atoms with Crippen LogP contribution >= 0.6 is 0 Å². The van der Waals surface area contributed by atoms with Crippen LogP contribution in [0.2, 0.25) is 0 Å². The molecule has 0 aromatic heterocycles. The lowest BCUT2D eigenvalue weighted by Gasteiger charge is -2.44. The van der Waals surface area contributed by atoms with Crippen molar-refractivity contribution in [1.82, 2.24) is 10.2 Å². The number of nitrogens with zero attached hydrogens (tertiary/aromatic N) is 1. The molecule has 1 aliphatic rings. The van der Waals surface area contributed by atoms with Crippen LogP contribution in [0.1, 0.15) is 65.7 Å². The second-order valence-electron chi connectivity index (χ2n) is 6.07. The van der Waals surface area contributed by atoms with Crippen LogP contribution in [0.4, 0.5) is 0 Å². The number of nitrogens with one attached hydrogen (secondary N) is 1. The van der Waals surface area contributed by atoms with Crippen LogP contribution in [0, 0.1) is 5.92 Å². The number of likely N-dealkylation sites (N-methyl/N-ethyl adjacent to an activating group) is 2. The Morgan fingerprint density at radius 3 is 2.33 bits per heavy atom. The smallest absolute Gasteiger partial charge is 0.0251 e. The Kier molecular flexibility index (Phi) is 7.25. The fourth-order valence-electron chi connectivity index (χ4n) is 3.82. The Morgan fingerprint density at radius 2 is 1.83 bits per heavy atom. The summed E-state index contributed by atoms with van der Waals surface area (Å²) in [7, 11) is 4.49. The van der Waals surface area contributed by atoms with Gasteiger partial charge in [-0.15, -0.1) is 0 Å². The molecule has 0 spiro atoms. The van der Waals surface area contributed by atoms with Crippen LogP contribution < -0.4 is 5.32 Å². The van der Waals surface area contributed by atoms with E-state index in [4.69, 9.17) is 0 Å². The molecule has 0 aliphatic heterocycles. The molecular formula is C16H34N2. The first-order valence-corrected chi connectivity index (χ1v) is 8.06. The Balaban J connectivity index is 2.66. The van der Waals surface area contributed by atoms with Crippen molar-refractivity contribution in [3.8, 4) is 0 Å². The quantitative estimate of drug-likeness (QED) is 0.746. The lowest BCUT2D eigenvalue weighted by Crippen LogP contribution is -2.53. The number of rotatable bonds is 7. The van der Waals surface area contributed by atoms with E-state index < -0.39 is 0 Å². The lowest BCUT2D eigenvalue weighted by molar-refractivity contribution is 0.0801. The number of hydrogen-bond acceptors (Lipinski definition) is 2. The summed E-state index contributed by atoms with van der Waals surface area (Å²) in [5.41, 5.74) is 0. The summed E-state index contributed by atoms with van der Waals surface area (Å²) >= 11 is 0. The summed E-state index contributed by atoms with van der Waals surface area (Å²) in [5, 5.41) is 3.56. The Labute approximate surface area is 115 Å². The van der Waals surface area contributed by atoms with Crippen LogP contribution in [0.25, 0.3) is 0 Å². The number of hydrogen-bond donors (Lipinski definition) is 1. The molecule has 0 bridgehead atoms. The highest BCUT2D eigenvalue weighted by molar-refractivity contribution is 4.91. The lowest BCUT2D eigenvalue weighted by atomic mass is 9.79. The minimum Gasteiger partial charge on any atom is -0.315 e. The fourth-order valence-corrected chi connectivity index (χ4v) is 3.82. The van der Waals surface area contributed by atoms with E-state index in [-0.39, 0.29) is 0 Å². The van der Waals surface area contributed by atoms with Gasteiger partial charge in [-0.1, -0.05) is 33.6 Å². The van der Waals surface area contributed by atoms with Gasteiger partial charge in [-0.2, -0.15) is 0 Å². The van der Waals surface area contributed by atoms with E-state index in [1.54, 1.807) is 0 Å². The molecule has 1 fully saturated rings. The molecule has 3 unspecified atom stereocenters. The van der Waals surface area contributed by atoms with Crippen molar-refractivity contribution < 1.29 is 0 Å². The second-order valence-corrected chi connectivity index (χ2v) is 6.07. The summed E-state index contributed by atoms with van der Waals surface area (Å²) in [5.74, 6) is 0.960. The monoisotopic (exact) mass is 254 g/mol. The Morgan fingerprint density at radius 1 is 1.17 bits per heavy atom. The summed E-state index contributed by atoms with van der Waals surface area (Å²) in [4.78, 5) is 2.67. The van der Waals surface area contributed by atoms with Crippen LogP contribution in [0.5, 0.6) is 0 Å². The maximum atomic E-state index is 3.56. The SMILES string of the molecule is CCCC1CCC(NC)C(N(C)C(CC)CC)C1. The highest BCUT2D eigenvalue weighted by atomic mass is 15.2. The van der Waals surface area contributed by atoms with Gasteiger partial charge in [0.25, 0.3) is 0 Å². The van der Waals surface area contributed by atoms with Gasteiger partial charge >= 0.3 is 0 Å². The summed E-state index contributed by atoms with van der Waals surface area (Å²) in [6.07, 6.45) is 9.49. The predicted molar refractivity (Wildman–Crippen MR) is 81.0 cm³/mol. The minimum atomic E-state index is 0.698. The molecule has 1 N–H and O–H groups in total. The molecular weight excluding hydrogens is 220 g/mol. The Bertz CT molecular complexity index is 213. The van der Waals surface area contributed by atoms with Gasteiger partial charge in [-0.25, -0.2) is 0 Å². The summed E-state index contributed by atoms with van der Waals surface area (Å²) in [6, 6.07) is 2.19. The topological polar surface area (TPSA) is 15.3 Å². The first-order chi connectivity index (χ1) is 8.67. The molecule has 108 valence electrons. The second kappa shape index (κ2) is 8.16.